The summed E-state index contributed by atoms with van der Waals surface area (Å²) in [6.07, 6.45) is 4.67. The molecule has 2 aliphatic rings. The van der Waals surface area contributed by atoms with Crippen molar-refractivity contribution in [3.05, 3.63) is 53.3 Å². The number of hydrogen-bond donors (Lipinski definition) is 0. The van der Waals surface area contributed by atoms with Crippen molar-refractivity contribution in [2.45, 2.75) is 12.5 Å². The highest BCUT2D eigenvalue weighted by Gasteiger charge is 2.34. The van der Waals surface area contributed by atoms with E-state index < -0.39 is 5.92 Å². The van der Waals surface area contributed by atoms with Gasteiger partial charge in [0.2, 0.25) is 0 Å². The largest absolute Gasteiger partial charge is 0.371 e. The van der Waals surface area contributed by atoms with E-state index >= 15 is 0 Å². The zero-order valence-electron chi connectivity index (χ0n) is 12.5. The van der Waals surface area contributed by atoms with E-state index in [1.807, 2.05) is 41.2 Å². The van der Waals surface area contributed by atoms with Gasteiger partial charge in [-0.3, -0.25) is 9.48 Å². The molecule has 1 unspecified atom stereocenters. The van der Waals surface area contributed by atoms with E-state index in [9.17, 15) is 10.1 Å². The highest BCUT2D eigenvalue weighted by molar-refractivity contribution is 5.92. The molecule has 6 nitrogen and oxygen atoms in total. The topological polar surface area (TPSA) is 74.3 Å². The second-order valence-corrected chi connectivity index (χ2v) is 5.79. The van der Waals surface area contributed by atoms with Gasteiger partial charge in [0.05, 0.1) is 23.2 Å². The third-order valence-electron chi connectivity index (χ3n) is 4.46. The molecule has 4 rings (SSSR count). The number of benzene rings is 1. The van der Waals surface area contributed by atoms with Crippen LogP contribution in [0.4, 0.5) is 0 Å². The molecule has 1 fully saturated rings. The molecular formula is C17H15N5O. The maximum absolute atomic E-state index is 12.2. The summed E-state index contributed by atoms with van der Waals surface area (Å²) in [5.41, 5.74) is 0.790. The molecule has 0 saturated carbocycles. The molecule has 114 valence electrons. The molecule has 2 aliphatic heterocycles. The summed E-state index contributed by atoms with van der Waals surface area (Å²) in [7, 11) is 0. The number of likely N-dealkylation sites (tertiary alicyclic amines) is 1. The number of fused-ring (bicyclic) bond motifs is 1. The smallest absolute Gasteiger partial charge is 0.269 e. The SMILES string of the molecule is N#CC1C(=O)N=c2ccccc2=C1N1CC[C@@H](n2cccn2)C1. The molecule has 1 saturated heterocycles. The van der Waals surface area contributed by atoms with E-state index in [1.165, 1.54) is 0 Å². The van der Waals surface area contributed by atoms with Gasteiger partial charge < -0.3 is 4.90 Å². The van der Waals surface area contributed by atoms with E-state index in [0.717, 1.165) is 30.4 Å². The molecule has 0 aliphatic carbocycles. The number of carbonyl (C=O) groups is 1. The second kappa shape index (κ2) is 5.36. The summed E-state index contributed by atoms with van der Waals surface area (Å²) in [5.74, 6) is -1.19. The van der Waals surface area contributed by atoms with Crippen LogP contribution < -0.4 is 10.6 Å². The summed E-state index contributed by atoms with van der Waals surface area (Å²) in [6.45, 7) is 1.55. The fourth-order valence-corrected chi connectivity index (χ4v) is 3.39. The van der Waals surface area contributed by atoms with Gasteiger partial charge in [0.1, 0.15) is 0 Å². The average Bonchev–Trinajstić information content (AvgIpc) is 3.24. The van der Waals surface area contributed by atoms with Gasteiger partial charge in [0, 0.05) is 30.7 Å². The maximum atomic E-state index is 12.2. The Labute approximate surface area is 133 Å². The van der Waals surface area contributed by atoms with Gasteiger partial charge in [-0.2, -0.15) is 10.4 Å². The number of aromatic nitrogens is 2. The summed E-state index contributed by atoms with van der Waals surface area (Å²) in [5, 5.41) is 15.3. The van der Waals surface area contributed by atoms with Crippen molar-refractivity contribution in [3.63, 3.8) is 0 Å². The van der Waals surface area contributed by atoms with Crippen molar-refractivity contribution in [3.8, 4) is 6.07 Å². The van der Waals surface area contributed by atoms with Crippen LogP contribution in [-0.4, -0.2) is 33.7 Å². The maximum Gasteiger partial charge on any atom is 0.269 e. The summed E-state index contributed by atoms with van der Waals surface area (Å²) >= 11 is 0. The monoisotopic (exact) mass is 305 g/mol. The lowest BCUT2D eigenvalue weighted by Crippen LogP contribution is -2.43. The van der Waals surface area contributed by atoms with Crippen LogP contribution in [0.3, 0.4) is 0 Å². The minimum absolute atomic E-state index is 0.262. The number of nitriles is 1. The predicted octanol–water partition coefficient (Wildman–Crippen LogP) is 0.238. The molecule has 3 heterocycles. The number of amides is 1. The van der Waals surface area contributed by atoms with Gasteiger partial charge >= 0.3 is 0 Å². The van der Waals surface area contributed by atoms with Crippen molar-refractivity contribution in [1.29, 1.82) is 5.26 Å². The first-order valence-corrected chi connectivity index (χ1v) is 7.63. The Morgan fingerprint density at radius 3 is 2.91 bits per heavy atom. The lowest BCUT2D eigenvalue weighted by molar-refractivity contribution is -0.119. The predicted molar refractivity (Wildman–Crippen MR) is 82.2 cm³/mol. The van der Waals surface area contributed by atoms with Crippen LogP contribution in [0.15, 0.2) is 47.7 Å². The summed E-state index contributed by atoms with van der Waals surface area (Å²) in [6, 6.07) is 11.8. The van der Waals surface area contributed by atoms with E-state index in [1.54, 1.807) is 6.20 Å². The van der Waals surface area contributed by atoms with Crippen LogP contribution in [0.5, 0.6) is 0 Å². The molecule has 0 bridgehead atoms. The number of carbonyl (C=O) groups excluding carboxylic acids is 1. The zero-order valence-corrected chi connectivity index (χ0v) is 12.5. The molecular weight excluding hydrogens is 290 g/mol. The third kappa shape index (κ3) is 2.21. The number of rotatable bonds is 2. The quantitative estimate of drug-likeness (QED) is 0.796. The highest BCUT2D eigenvalue weighted by Crippen LogP contribution is 2.28. The first-order chi connectivity index (χ1) is 11.3. The van der Waals surface area contributed by atoms with Crippen LogP contribution >= 0.6 is 0 Å². The molecule has 0 radical (unpaired) electrons. The number of nitrogens with zero attached hydrogens (tertiary/aromatic N) is 5. The van der Waals surface area contributed by atoms with Crippen molar-refractivity contribution < 1.29 is 4.79 Å². The zero-order chi connectivity index (χ0) is 15.8. The van der Waals surface area contributed by atoms with Gasteiger partial charge in [-0.15, -0.1) is 0 Å². The van der Waals surface area contributed by atoms with Crippen molar-refractivity contribution in [2.24, 2.45) is 10.9 Å². The highest BCUT2D eigenvalue weighted by atomic mass is 16.1. The summed E-state index contributed by atoms with van der Waals surface area (Å²) < 4.78 is 1.95. The number of para-hydroxylation sites is 1. The lowest BCUT2D eigenvalue weighted by atomic mass is 10.00. The molecule has 1 aromatic carbocycles. The average molecular weight is 305 g/mol. The van der Waals surface area contributed by atoms with Gasteiger partial charge in [0.15, 0.2) is 5.92 Å². The van der Waals surface area contributed by atoms with E-state index in [-0.39, 0.29) is 11.9 Å². The van der Waals surface area contributed by atoms with Crippen LogP contribution in [0, 0.1) is 17.2 Å². The Kier molecular flexibility index (Phi) is 3.19. The molecule has 0 spiro atoms. The molecule has 23 heavy (non-hydrogen) atoms. The Balaban J connectivity index is 1.79. The van der Waals surface area contributed by atoms with Gasteiger partial charge in [-0.1, -0.05) is 18.2 Å². The van der Waals surface area contributed by atoms with Crippen molar-refractivity contribution in [1.82, 2.24) is 14.7 Å². The Morgan fingerprint density at radius 2 is 2.13 bits per heavy atom. The van der Waals surface area contributed by atoms with Crippen LogP contribution in [0.2, 0.25) is 0 Å². The summed E-state index contributed by atoms with van der Waals surface area (Å²) in [4.78, 5) is 18.4. The first kappa shape index (κ1) is 13.7. The van der Waals surface area contributed by atoms with E-state index in [0.29, 0.717) is 5.36 Å². The first-order valence-electron chi connectivity index (χ1n) is 7.63. The van der Waals surface area contributed by atoms with Gasteiger partial charge in [0.25, 0.3) is 5.91 Å². The molecule has 1 amide bonds. The molecule has 0 N–H and O–H groups in total. The van der Waals surface area contributed by atoms with E-state index in [4.69, 9.17) is 0 Å². The lowest BCUT2D eigenvalue weighted by Gasteiger charge is -2.26. The van der Waals surface area contributed by atoms with E-state index in [2.05, 4.69) is 21.1 Å². The van der Waals surface area contributed by atoms with Crippen LogP contribution in [0.1, 0.15) is 12.5 Å². The van der Waals surface area contributed by atoms with Gasteiger partial charge in [-0.25, -0.2) is 4.99 Å². The Hall–Kier alpha value is -2.94. The fraction of sp³-hybridized carbons (Fsp3) is 0.294. The minimum atomic E-state index is -0.818. The van der Waals surface area contributed by atoms with Gasteiger partial charge in [-0.05, 0) is 18.6 Å². The number of hydrogen-bond acceptors (Lipinski definition) is 4. The third-order valence-corrected chi connectivity index (χ3v) is 4.46. The van der Waals surface area contributed by atoms with Crippen molar-refractivity contribution >= 4 is 11.6 Å². The van der Waals surface area contributed by atoms with Crippen LogP contribution in [-0.2, 0) is 4.79 Å². The Bertz CT molecular complexity index is 909. The molecule has 1 aromatic heterocycles. The normalized spacial score (nSPS) is 23.3. The minimum Gasteiger partial charge on any atom is -0.371 e. The Morgan fingerprint density at radius 1 is 1.26 bits per heavy atom. The van der Waals surface area contributed by atoms with Crippen LogP contribution in [0.25, 0.3) is 5.70 Å². The second-order valence-electron chi connectivity index (χ2n) is 5.79. The molecule has 6 heteroatoms. The molecule has 2 atom stereocenters. The molecule has 2 aromatic rings. The van der Waals surface area contributed by atoms with Crippen molar-refractivity contribution in [2.75, 3.05) is 13.1 Å². The standard InChI is InChI=1S/C17H15N5O/c18-10-14-16(13-4-1-2-5-15(13)20-17(14)23)21-9-6-12(11-21)22-8-3-7-19-22/h1-5,7-8,12,14H,6,9,11H2/t12-,14?/m1/s1. The fourth-order valence-electron chi connectivity index (χ4n) is 3.39.